The summed E-state index contributed by atoms with van der Waals surface area (Å²) in [5.41, 5.74) is 7.14. The molecule has 23 heavy (non-hydrogen) atoms. The van der Waals surface area contributed by atoms with E-state index in [2.05, 4.69) is 10.3 Å². The third-order valence-corrected chi connectivity index (χ3v) is 3.29. The number of benzene rings is 2. The van der Waals surface area contributed by atoms with E-state index in [1.807, 2.05) is 0 Å². The highest BCUT2D eigenvalue weighted by molar-refractivity contribution is 5.94. The first-order chi connectivity index (χ1) is 11.1. The molecular formula is C17H20FN3O2. The Morgan fingerprint density at radius 3 is 2.65 bits per heavy atom. The molecule has 3 N–H and O–H groups in total. The van der Waals surface area contributed by atoms with Crippen LogP contribution in [0.1, 0.15) is 5.56 Å². The second-order valence-corrected chi connectivity index (χ2v) is 4.80. The lowest BCUT2D eigenvalue weighted by molar-refractivity contribution is 0.405. The summed E-state index contributed by atoms with van der Waals surface area (Å²) < 4.78 is 23.9. The van der Waals surface area contributed by atoms with Crippen molar-refractivity contribution in [2.45, 2.75) is 6.42 Å². The standard InChI is InChI=1S/C17H20FN3O2/c1-22-13-7-8-16(23-2)15(11-13)21-17(19)20-10-9-12-5-3-4-6-14(12)18/h3-8,11H,9-10H2,1-2H3,(H3,19,20,21). The average Bonchev–Trinajstić information content (AvgIpc) is 2.56. The van der Waals surface area contributed by atoms with Crippen LogP contribution in [-0.4, -0.2) is 26.7 Å². The molecule has 0 atom stereocenters. The van der Waals surface area contributed by atoms with Gasteiger partial charge in [-0.05, 0) is 30.2 Å². The minimum atomic E-state index is -0.233. The topological polar surface area (TPSA) is 68.9 Å². The number of aliphatic imine (C=N–C) groups is 1. The van der Waals surface area contributed by atoms with Crippen molar-refractivity contribution in [3.8, 4) is 11.5 Å². The molecule has 0 fully saturated rings. The molecule has 6 heteroatoms. The van der Waals surface area contributed by atoms with Crippen LogP contribution in [0, 0.1) is 5.82 Å². The second kappa shape index (κ2) is 8.03. The van der Waals surface area contributed by atoms with Gasteiger partial charge in [-0.2, -0.15) is 0 Å². The number of halogens is 1. The van der Waals surface area contributed by atoms with Crippen molar-refractivity contribution in [3.63, 3.8) is 0 Å². The molecule has 0 spiro atoms. The van der Waals surface area contributed by atoms with Crippen molar-refractivity contribution in [1.29, 1.82) is 0 Å². The zero-order chi connectivity index (χ0) is 16.7. The van der Waals surface area contributed by atoms with E-state index < -0.39 is 0 Å². The van der Waals surface area contributed by atoms with E-state index in [-0.39, 0.29) is 11.8 Å². The molecule has 0 aliphatic heterocycles. The van der Waals surface area contributed by atoms with E-state index in [0.29, 0.717) is 35.7 Å². The zero-order valence-electron chi connectivity index (χ0n) is 13.2. The lowest BCUT2D eigenvalue weighted by Crippen LogP contribution is -2.23. The first-order valence-corrected chi connectivity index (χ1v) is 7.16. The van der Waals surface area contributed by atoms with Gasteiger partial charge in [0.05, 0.1) is 19.9 Å². The largest absolute Gasteiger partial charge is 0.497 e. The lowest BCUT2D eigenvalue weighted by Gasteiger charge is -2.12. The first kappa shape index (κ1) is 16.6. The number of nitrogens with two attached hydrogens (primary N) is 1. The molecule has 2 rings (SSSR count). The highest BCUT2D eigenvalue weighted by atomic mass is 19.1. The predicted octanol–water partition coefficient (Wildman–Crippen LogP) is 2.81. The molecule has 0 bridgehead atoms. The van der Waals surface area contributed by atoms with Gasteiger partial charge in [-0.3, -0.25) is 4.99 Å². The van der Waals surface area contributed by atoms with E-state index in [1.165, 1.54) is 6.07 Å². The Balaban J connectivity index is 2.01. The molecule has 0 unspecified atom stereocenters. The third-order valence-electron chi connectivity index (χ3n) is 3.29. The van der Waals surface area contributed by atoms with Crippen LogP contribution in [-0.2, 0) is 6.42 Å². The van der Waals surface area contributed by atoms with Crippen molar-refractivity contribution in [2.24, 2.45) is 10.7 Å². The summed E-state index contributed by atoms with van der Waals surface area (Å²) >= 11 is 0. The van der Waals surface area contributed by atoms with Gasteiger partial charge in [0.15, 0.2) is 5.96 Å². The molecule has 5 nitrogen and oxygen atoms in total. The zero-order valence-corrected chi connectivity index (χ0v) is 13.2. The summed E-state index contributed by atoms with van der Waals surface area (Å²) in [6.07, 6.45) is 0.476. The van der Waals surface area contributed by atoms with Crippen molar-refractivity contribution >= 4 is 11.6 Å². The lowest BCUT2D eigenvalue weighted by atomic mass is 10.1. The van der Waals surface area contributed by atoms with Gasteiger partial charge in [-0.25, -0.2) is 4.39 Å². The number of rotatable bonds is 6. The number of hydrogen-bond acceptors (Lipinski definition) is 3. The van der Waals surface area contributed by atoms with Crippen LogP contribution >= 0.6 is 0 Å². The van der Waals surface area contributed by atoms with E-state index >= 15 is 0 Å². The molecular weight excluding hydrogens is 297 g/mol. The fourth-order valence-corrected chi connectivity index (χ4v) is 2.09. The fraction of sp³-hybridized carbons (Fsp3) is 0.235. The van der Waals surface area contributed by atoms with Gasteiger partial charge >= 0.3 is 0 Å². The number of nitrogens with one attached hydrogen (secondary N) is 1. The van der Waals surface area contributed by atoms with Crippen LogP contribution < -0.4 is 20.5 Å². The highest BCUT2D eigenvalue weighted by Gasteiger charge is 2.06. The number of ether oxygens (including phenoxy) is 2. The Hall–Kier alpha value is -2.76. The van der Waals surface area contributed by atoms with E-state index in [4.69, 9.17) is 15.2 Å². The summed E-state index contributed by atoms with van der Waals surface area (Å²) in [4.78, 5) is 4.21. The summed E-state index contributed by atoms with van der Waals surface area (Å²) in [7, 11) is 3.15. The normalized spacial score (nSPS) is 11.2. The maximum Gasteiger partial charge on any atom is 0.193 e. The quantitative estimate of drug-likeness (QED) is 0.635. The second-order valence-electron chi connectivity index (χ2n) is 4.80. The summed E-state index contributed by atoms with van der Waals surface area (Å²) in [5, 5.41) is 2.97. The van der Waals surface area contributed by atoms with Gasteiger partial charge in [0, 0.05) is 12.6 Å². The molecule has 0 radical (unpaired) electrons. The van der Waals surface area contributed by atoms with Crippen LogP contribution in [0.2, 0.25) is 0 Å². The number of hydrogen-bond donors (Lipinski definition) is 2. The van der Waals surface area contributed by atoms with Crippen LogP contribution in [0.15, 0.2) is 47.5 Å². The number of methoxy groups -OCH3 is 2. The average molecular weight is 317 g/mol. The van der Waals surface area contributed by atoms with E-state index in [1.54, 1.807) is 50.6 Å². The maximum atomic E-state index is 13.5. The third kappa shape index (κ3) is 4.60. The molecule has 0 aliphatic carbocycles. The first-order valence-electron chi connectivity index (χ1n) is 7.16. The molecule has 0 heterocycles. The van der Waals surface area contributed by atoms with Crippen molar-refractivity contribution in [2.75, 3.05) is 26.1 Å². The molecule has 0 aromatic heterocycles. The summed E-state index contributed by atoms with van der Waals surface area (Å²) in [6.45, 7) is 0.381. The van der Waals surface area contributed by atoms with E-state index in [0.717, 1.165) is 0 Å². The predicted molar refractivity (Wildman–Crippen MR) is 89.8 cm³/mol. The molecule has 0 aliphatic rings. The Morgan fingerprint density at radius 2 is 1.96 bits per heavy atom. The Labute approximate surface area is 134 Å². The van der Waals surface area contributed by atoms with E-state index in [9.17, 15) is 4.39 Å². The smallest absolute Gasteiger partial charge is 0.193 e. The van der Waals surface area contributed by atoms with Gasteiger partial charge in [0.2, 0.25) is 0 Å². The summed E-state index contributed by atoms with van der Waals surface area (Å²) in [5.74, 6) is 1.29. The van der Waals surface area contributed by atoms with Crippen molar-refractivity contribution in [3.05, 3.63) is 53.8 Å². The minimum Gasteiger partial charge on any atom is -0.497 e. The SMILES string of the molecule is COc1ccc(OC)c(NC(N)=NCCc2ccccc2F)c1. The summed E-state index contributed by atoms with van der Waals surface area (Å²) in [6, 6.07) is 11.9. The number of anilines is 1. The highest BCUT2D eigenvalue weighted by Crippen LogP contribution is 2.28. The minimum absolute atomic E-state index is 0.230. The number of guanidine groups is 1. The van der Waals surface area contributed by atoms with Crippen LogP contribution in [0.5, 0.6) is 11.5 Å². The van der Waals surface area contributed by atoms with Crippen molar-refractivity contribution < 1.29 is 13.9 Å². The van der Waals surface area contributed by atoms with Gasteiger partial charge < -0.3 is 20.5 Å². The van der Waals surface area contributed by atoms with Gasteiger partial charge in [-0.1, -0.05) is 18.2 Å². The fourth-order valence-electron chi connectivity index (χ4n) is 2.09. The molecule has 0 amide bonds. The van der Waals surface area contributed by atoms with Gasteiger partial charge in [0.1, 0.15) is 17.3 Å². The molecule has 2 aromatic carbocycles. The molecule has 122 valence electrons. The van der Waals surface area contributed by atoms with Gasteiger partial charge in [-0.15, -0.1) is 0 Å². The molecule has 0 saturated carbocycles. The molecule has 2 aromatic rings. The monoisotopic (exact) mass is 317 g/mol. The maximum absolute atomic E-state index is 13.5. The van der Waals surface area contributed by atoms with Crippen LogP contribution in [0.25, 0.3) is 0 Å². The van der Waals surface area contributed by atoms with Crippen molar-refractivity contribution in [1.82, 2.24) is 0 Å². The Kier molecular flexibility index (Phi) is 5.80. The Morgan fingerprint density at radius 1 is 1.17 bits per heavy atom. The van der Waals surface area contributed by atoms with Crippen LogP contribution in [0.3, 0.4) is 0 Å². The number of nitrogens with zero attached hydrogens (tertiary/aromatic N) is 1. The molecule has 0 saturated heterocycles. The van der Waals surface area contributed by atoms with Gasteiger partial charge in [0.25, 0.3) is 0 Å². The van der Waals surface area contributed by atoms with Crippen LogP contribution in [0.4, 0.5) is 10.1 Å². The Bertz CT molecular complexity index is 689.